The third-order valence-corrected chi connectivity index (χ3v) is 3.95. The van der Waals surface area contributed by atoms with E-state index in [0.717, 1.165) is 17.0 Å². The third kappa shape index (κ3) is 3.16. The Morgan fingerprint density at radius 3 is 2.62 bits per heavy atom. The molecule has 0 aliphatic rings. The molecule has 0 saturated carbocycles. The molecule has 1 heterocycles. The number of ether oxygens (including phenoxy) is 1. The molecular weight excluding hydrogens is 307 g/mol. The van der Waals surface area contributed by atoms with Gasteiger partial charge < -0.3 is 15.2 Å². The molecule has 3 rings (SSSR count). The first kappa shape index (κ1) is 16.2. The van der Waals surface area contributed by atoms with Crippen LogP contribution in [0.4, 0.5) is 10.1 Å². The number of aliphatic hydroxyl groups excluding tert-OH is 1. The summed E-state index contributed by atoms with van der Waals surface area (Å²) in [5.41, 5.74) is 2.69. The van der Waals surface area contributed by atoms with Crippen molar-refractivity contribution in [3.05, 3.63) is 65.6 Å². The molecular formula is C19H19FN2O2. The van der Waals surface area contributed by atoms with Gasteiger partial charge in [0, 0.05) is 16.8 Å². The zero-order chi connectivity index (χ0) is 17.1. The van der Waals surface area contributed by atoms with Crippen LogP contribution in [0.3, 0.4) is 0 Å². The topological polar surface area (TPSA) is 54.4 Å². The zero-order valence-corrected chi connectivity index (χ0v) is 13.6. The first-order valence-corrected chi connectivity index (χ1v) is 7.69. The summed E-state index contributed by atoms with van der Waals surface area (Å²) >= 11 is 0. The van der Waals surface area contributed by atoms with Crippen molar-refractivity contribution in [2.45, 2.75) is 13.0 Å². The van der Waals surface area contributed by atoms with E-state index in [1.807, 2.05) is 43.3 Å². The minimum Gasteiger partial charge on any atom is -0.497 e. The molecule has 1 aromatic heterocycles. The fraction of sp³-hybridized carbons (Fsp3) is 0.211. The summed E-state index contributed by atoms with van der Waals surface area (Å²) in [6, 6.07) is 13.9. The lowest BCUT2D eigenvalue weighted by molar-refractivity contribution is 0.276. The van der Waals surface area contributed by atoms with Gasteiger partial charge in [-0.25, -0.2) is 9.37 Å². The number of methoxy groups -OCH3 is 1. The number of para-hydroxylation sites is 1. The van der Waals surface area contributed by atoms with E-state index in [9.17, 15) is 9.50 Å². The molecule has 124 valence electrons. The van der Waals surface area contributed by atoms with Crippen LogP contribution < -0.4 is 10.1 Å². The minimum atomic E-state index is -0.357. The highest BCUT2D eigenvalue weighted by atomic mass is 19.1. The first-order valence-electron chi connectivity index (χ1n) is 7.69. The number of nitrogens with one attached hydrogen (secondary N) is 1. The number of halogens is 1. The fourth-order valence-electron chi connectivity index (χ4n) is 2.72. The highest BCUT2D eigenvalue weighted by molar-refractivity contribution is 5.92. The fourth-order valence-corrected chi connectivity index (χ4v) is 2.72. The number of hydrogen-bond donors (Lipinski definition) is 2. The van der Waals surface area contributed by atoms with Crippen LogP contribution in [0.25, 0.3) is 10.9 Å². The van der Waals surface area contributed by atoms with E-state index in [0.29, 0.717) is 16.6 Å². The number of rotatable bonds is 5. The highest BCUT2D eigenvalue weighted by Crippen LogP contribution is 2.29. The van der Waals surface area contributed by atoms with Crippen LogP contribution in [0.2, 0.25) is 0 Å². The van der Waals surface area contributed by atoms with E-state index in [1.54, 1.807) is 13.2 Å². The largest absolute Gasteiger partial charge is 0.497 e. The molecule has 0 spiro atoms. The molecule has 4 nitrogen and oxygen atoms in total. The number of aromatic nitrogens is 1. The second-order valence-electron chi connectivity index (χ2n) is 5.60. The lowest BCUT2D eigenvalue weighted by Crippen LogP contribution is -2.15. The Morgan fingerprint density at radius 1 is 1.21 bits per heavy atom. The van der Waals surface area contributed by atoms with Crippen LogP contribution in [0.15, 0.2) is 48.5 Å². The van der Waals surface area contributed by atoms with E-state index in [-0.39, 0.29) is 18.5 Å². The Labute approximate surface area is 139 Å². The van der Waals surface area contributed by atoms with Crippen molar-refractivity contribution < 1.29 is 14.2 Å². The van der Waals surface area contributed by atoms with Gasteiger partial charge in [0.05, 0.1) is 19.8 Å². The van der Waals surface area contributed by atoms with Crippen molar-refractivity contribution in [2.75, 3.05) is 19.0 Å². The predicted molar refractivity (Wildman–Crippen MR) is 92.9 cm³/mol. The van der Waals surface area contributed by atoms with Gasteiger partial charge in [-0.2, -0.15) is 0 Å². The number of hydrogen-bond acceptors (Lipinski definition) is 4. The first-order chi connectivity index (χ1) is 11.6. The highest BCUT2D eigenvalue weighted by Gasteiger charge is 2.14. The number of aryl methyl sites for hydroxylation is 1. The smallest absolute Gasteiger partial charge is 0.149 e. The van der Waals surface area contributed by atoms with E-state index in [4.69, 9.17) is 4.74 Å². The maximum atomic E-state index is 14.0. The Balaban J connectivity index is 1.99. The second-order valence-corrected chi connectivity index (χ2v) is 5.60. The van der Waals surface area contributed by atoms with E-state index in [1.165, 1.54) is 6.07 Å². The lowest BCUT2D eigenvalue weighted by Gasteiger charge is -2.20. The van der Waals surface area contributed by atoms with Crippen molar-refractivity contribution in [1.29, 1.82) is 0 Å². The number of anilines is 1. The molecule has 2 N–H and O–H groups in total. The number of aliphatic hydroxyl groups is 1. The summed E-state index contributed by atoms with van der Waals surface area (Å²) in [4.78, 5) is 4.27. The molecule has 1 unspecified atom stereocenters. The van der Waals surface area contributed by atoms with Gasteiger partial charge in [0.2, 0.25) is 0 Å². The summed E-state index contributed by atoms with van der Waals surface area (Å²) in [5, 5.41) is 13.8. The van der Waals surface area contributed by atoms with Crippen LogP contribution in [-0.2, 0) is 0 Å². The third-order valence-electron chi connectivity index (χ3n) is 3.95. The molecule has 0 radical (unpaired) electrons. The van der Waals surface area contributed by atoms with Crippen LogP contribution in [0.5, 0.6) is 5.75 Å². The van der Waals surface area contributed by atoms with Gasteiger partial charge >= 0.3 is 0 Å². The van der Waals surface area contributed by atoms with Gasteiger partial charge in [0.1, 0.15) is 17.1 Å². The molecule has 0 fully saturated rings. The van der Waals surface area contributed by atoms with Gasteiger partial charge in [0.25, 0.3) is 0 Å². The molecule has 0 bridgehead atoms. The number of nitrogens with zero attached hydrogens (tertiary/aromatic N) is 1. The van der Waals surface area contributed by atoms with Crippen molar-refractivity contribution in [2.24, 2.45) is 0 Å². The van der Waals surface area contributed by atoms with Crippen molar-refractivity contribution in [1.82, 2.24) is 4.98 Å². The molecule has 0 aliphatic carbocycles. The molecule has 5 heteroatoms. The summed E-state index contributed by atoms with van der Waals surface area (Å²) in [6.45, 7) is 1.73. The Morgan fingerprint density at radius 2 is 1.96 bits per heavy atom. The molecule has 24 heavy (non-hydrogen) atoms. The molecule has 0 saturated heterocycles. The summed E-state index contributed by atoms with van der Waals surface area (Å²) in [5.74, 6) is 0.395. The Bertz CT molecular complexity index is 850. The maximum Gasteiger partial charge on any atom is 0.149 e. The minimum absolute atomic E-state index is 0.0927. The van der Waals surface area contributed by atoms with Gasteiger partial charge in [-0.3, -0.25) is 0 Å². The van der Waals surface area contributed by atoms with Crippen LogP contribution in [0, 0.1) is 12.7 Å². The summed E-state index contributed by atoms with van der Waals surface area (Å²) in [6.07, 6.45) is 0. The standard InChI is InChI=1S/C19H19FN2O2/c1-12-10-17(15-4-3-5-16(20)19(15)21-12)22-18(11-23)13-6-8-14(24-2)9-7-13/h3-10,18,23H,11H2,1-2H3,(H,21,22). The van der Waals surface area contributed by atoms with Gasteiger partial charge in [-0.1, -0.05) is 24.3 Å². The Hall–Kier alpha value is -2.66. The molecule has 3 aromatic rings. The van der Waals surface area contributed by atoms with Crippen molar-refractivity contribution in [3.8, 4) is 5.75 Å². The summed E-state index contributed by atoms with van der Waals surface area (Å²) < 4.78 is 19.2. The summed E-state index contributed by atoms with van der Waals surface area (Å²) in [7, 11) is 1.61. The van der Waals surface area contributed by atoms with E-state index < -0.39 is 0 Å². The number of pyridine rings is 1. The lowest BCUT2D eigenvalue weighted by atomic mass is 10.1. The zero-order valence-electron chi connectivity index (χ0n) is 13.6. The van der Waals surface area contributed by atoms with Gasteiger partial charge in [-0.15, -0.1) is 0 Å². The monoisotopic (exact) mass is 326 g/mol. The van der Waals surface area contributed by atoms with Crippen molar-refractivity contribution >= 4 is 16.6 Å². The molecule has 2 aromatic carbocycles. The molecule has 0 aliphatic heterocycles. The van der Waals surface area contributed by atoms with Gasteiger partial charge in [0.15, 0.2) is 0 Å². The molecule has 0 amide bonds. The van der Waals surface area contributed by atoms with E-state index in [2.05, 4.69) is 10.3 Å². The molecule has 1 atom stereocenters. The van der Waals surface area contributed by atoms with E-state index >= 15 is 0 Å². The Kier molecular flexibility index (Phi) is 4.62. The average Bonchev–Trinajstić information content (AvgIpc) is 2.60. The normalized spacial score (nSPS) is 12.2. The second kappa shape index (κ2) is 6.84. The van der Waals surface area contributed by atoms with Crippen LogP contribution >= 0.6 is 0 Å². The number of benzene rings is 2. The predicted octanol–water partition coefficient (Wildman–Crippen LogP) is 3.84. The number of fused-ring (bicyclic) bond motifs is 1. The van der Waals surface area contributed by atoms with Crippen LogP contribution in [-0.4, -0.2) is 23.8 Å². The van der Waals surface area contributed by atoms with Gasteiger partial charge in [-0.05, 0) is 36.8 Å². The quantitative estimate of drug-likeness (QED) is 0.748. The maximum absolute atomic E-state index is 14.0. The van der Waals surface area contributed by atoms with Crippen molar-refractivity contribution in [3.63, 3.8) is 0 Å². The average molecular weight is 326 g/mol. The van der Waals surface area contributed by atoms with Crippen LogP contribution in [0.1, 0.15) is 17.3 Å². The SMILES string of the molecule is COc1ccc(C(CO)Nc2cc(C)nc3c(F)cccc23)cc1.